The minimum atomic E-state index is 0.333. The molecule has 0 aliphatic heterocycles. The Morgan fingerprint density at radius 2 is 1.69 bits per heavy atom. The first-order chi connectivity index (χ1) is 13.8. The van der Waals surface area contributed by atoms with E-state index in [0.29, 0.717) is 28.4 Å². The molecular weight excluding hydrogens is 352 g/mol. The Bertz CT molecular complexity index is 595. The van der Waals surface area contributed by atoms with Gasteiger partial charge in [-0.15, -0.1) is 0 Å². The molecule has 9 atom stereocenters. The molecule has 0 aromatic carbocycles. The van der Waals surface area contributed by atoms with E-state index in [1.807, 2.05) is 0 Å². The van der Waals surface area contributed by atoms with Crippen molar-refractivity contribution in [3.8, 4) is 0 Å². The first-order valence-electron chi connectivity index (χ1n) is 13.3. The number of carbonyl (C=O) groups is 1. The normalized spacial score (nSPS) is 46.5. The fraction of sp³-hybridized carbons (Fsp3) is 0.964. The Morgan fingerprint density at radius 3 is 2.45 bits per heavy atom. The Balaban J connectivity index is 1.47. The van der Waals surface area contributed by atoms with Crippen LogP contribution in [-0.4, -0.2) is 5.78 Å². The highest BCUT2D eigenvalue weighted by Gasteiger charge is 2.61. The summed E-state index contributed by atoms with van der Waals surface area (Å²) in [4.78, 5) is 13.2. The molecule has 0 radical (unpaired) electrons. The lowest BCUT2D eigenvalue weighted by molar-refractivity contribution is -0.154. The van der Waals surface area contributed by atoms with Crippen LogP contribution in [0.5, 0.6) is 0 Å². The third-order valence-electron chi connectivity index (χ3n) is 11.2. The van der Waals surface area contributed by atoms with Gasteiger partial charge in [0.15, 0.2) is 0 Å². The number of hydrogen-bond donors (Lipinski definition) is 0. The summed E-state index contributed by atoms with van der Waals surface area (Å²) in [5.41, 5.74) is 0.842. The standard InChI is InChI=1S/C28H48O/c1-6-19(2)10-9-11-20(3)22-13-14-23-21-18-26(29)25-12-7-8-16-27(25,4)24(21)15-17-28(22,23)5/h19-25H,6-18H2,1-5H3/t19?,20-,21+,22-,23+,24+,25-,27-,28-/m1/s1. The Hall–Kier alpha value is -0.330. The van der Waals surface area contributed by atoms with Gasteiger partial charge in [-0.2, -0.15) is 0 Å². The van der Waals surface area contributed by atoms with Gasteiger partial charge in [-0.1, -0.05) is 73.1 Å². The van der Waals surface area contributed by atoms with E-state index in [0.717, 1.165) is 36.0 Å². The molecule has 4 fully saturated rings. The molecule has 29 heavy (non-hydrogen) atoms. The van der Waals surface area contributed by atoms with Crippen molar-refractivity contribution < 1.29 is 4.79 Å². The first kappa shape index (κ1) is 21.9. The molecule has 1 unspecified atom stereocenters. The smallest absolute Gasteiger partial charge is 0.136 e. The first-order valence-corrected chi connectivity index (χ1v) is 13.3. The topological polar surface area (TPSA) is 17.1 Å². The quantitative estimate of drug-likeness (QED) is 0.440. The lowest BCUT2D eigenvalue weighted by atomic mass is 9.44. The van der Waals surface area contributed by atoms with Crippen molar-refractivity contribution in [2.24, 2.45) is 52.3 Å². The van der Waals surface area contributed by atoms with Crippen LogP contribution in [0.2, 0.25) is 0 Å². The molecule has 0 spiro atoms. The summed E-state index contributed by atoms with van der Waals surface area (Å²) >= 11 is 0. The van der Waals surface area contributed by atoms with Crippen molar-refractivity contribution in [2.75, 3.05) is 0 Å². The van der Waals surface area contributed by atoms with Crippen molar-refractivity contribution in [1.82, 2.24) is 0 Å². The van der Waals surface area contributed by atoms with Gasteiger partial charge in [0.2, 0.25) is 0 Å². The molecule has 4 aliphatic carbocycles. The molecule has 0 saturated heterocycles. The van der Waals surface area contributed by atoms with Gasteiger partial charge < -0.3 is 0 Å². The molecule has 166 valence electrons. The van der Waals surface area contributed by atoms with Gasteiger partial charge in [0.1, 0.15) is 5.78 Å². The molecule has 1 nitrogen and oxygen atoms in total. The molecule has 4 rings (SSSR count). The molecule has 4 aliphatic rings. The van der Waals surface area contributed by atoms with E-state index in [1.54, 1.807) is 0 Å². The zero-order valence-corrected chi connectivity index (χ0v) is 20.1. The Kier molecular flexibility index (Phi) is 6.27. The average molecular weight is 401 g/mol. The lowest BCUT2D eigenvalue weighted by Gasteiger charge is -2.60. The van der Waals surface area contributed by atoms with Crippen LogP contribution in [0, 0.1) is 52.3 Å². The minimum Gasteiger partial charge on any atom is -0.299 e. The van der Waals surface area contributed by atoms with Gasteiger partial charge in [0, 0.05) is 12.3 Å². The van der Waals surface area contributed by atoms with Crippen LogP contribution in [0.3, 0.4) is 0 Å². The van der Waals surface area contributed by atoms with Crippen molar-refractivity contribution in [3.63, 3.8) is 0 Å². The molecule has 0 amide bonds. The second-order valence-corrected chi connectivity index (χ2v) is 12.5. The monoisotopic (exact) mass is 400 g/mol. The lowest BCUT2D eigenvalue weighted by Crippen LogP contribution is -2.56. The van der Waals surface area contributed by atoms with E-state index in [2.05, 4.69) is 34.6 Å². The van der Waals surface area contributed by atoms with Crippen LogP contribution < -0.4 is 0 Å². The number of rotatable bonds is 6. The third kappa shape index (κ3) is 3.65. The summed E-state index contributed by atoms with van der Waals surface area (Å²) in [5, 5.41) is 0. The largest absolute Gasteiger partial charge is 0.299 e. The SMILES string of the molecule is CCC(C)CCC[C@@H](C)[C@H]1CC[C@H]2[C@@H]3CC(=O)[C@H]4CCCC[C@]4(C)[C@H]3CC[C@]12C. The number of hydrogen-bond acceptors (Lipinski definition) is 1. The predicted molar refractivity (Wildman–Crippen MR) is 123 cm³/mol. The van der Waals surface area contributed by atoms with Crippen LogP contribution in [0.25, 0.3) is 0 Å². The van der Waals surface area contributed by atoms with Crippen LogP contribution >= 0.6 is 0 Å². The molecule has 1 heteroatoms. The fourth-order valence-electron chi connectivity index (χ4n) is 9.27. The van der Waals surface area contributed by atoms with E-state index in [4.69, 9.17) is 0 Å². The van der Waals surface area contributed by atoms with Crippen molar-refractivity contribution in [1.29, 1.82) is 0 Å². The molecule has 4 saturated carbocycles. The van der Waals surface area contributed by atoms with Crippen LogP contribution in [0.4, 0.5) is 0 Å². The molecule has 0 aromatic heterocycles. The molecule has 0 bridgehead atoms. The van der Waals surface area contributed by atoms with Crippen LogP contribution in [-0.2, 0) is 4.79 Å². The zero-order valence-electron chi connectivity index (χ0n) is 20.1. The molecule has 0 aromatic rings. The van der Waals surface area contributed by atoms with E-state index in [-0.39, 0.29) is 0 Å². The zero-order chi connectivity index (χ0) is 20.8. The second-order valence-electron chi connectivity index (χ2n) is 12.5. The highest BCUT2D eigenvalue weighted by atomic mass is 16.1. The maximum atomic E-state index is 13.2. The number of Topliss-reactive ketones (excluding diaryl/α,β-unsaturated/α-hetero) is 1. The highest BCUT2D eigenvalue weighted by Crippen LogP contribution is 2.67. The van der Waals surface area contributed by atoms with Gasteiger partial charge in [0.25, 0.3) is 0 Å². The van der Waals surface area contributed by atoms with E-state index in [1.165, 1.54) is 77.0 Å². The van der Waals surface area contributed by atoms with Gasteiger partial charge in [-0.25, -0.2) is 0 Å². The molecule has 0 N–H and O–H groups in total. The average Bonchev–Trinajstić information content (AvgIpc) is 3.05. The van der Waals surface area contributed by atoms with Crippen molar-refractivity contribution in [2.45, 2.75) is 118 Å². The van der Waals surface area contributed by atoms with Crippen molar-refractivity contribution >= 4 is 5.78 Å². The van der Waals surface area contributed by atoms with Crippen molar-refractivity contribution in [3.05, 3.63) is 0 Å². The maximum absolute atomic E-state index is 13.2. The van der Waals surface area contributed by atoms with E-state index >= 15 is 0 Å². The summed E-state index contributed by atoms with van der Waals surface area (Å²) in [5.74, 6) is 6.08. The summed E-state index contributed by atoms with van der Waals surface area (Å²) in [6.45, 7) is 12.5. The summed E-state index contributed by atoms with van der Waals surface area (Å²) in [7, 11) is 0. The minimum absolute atomic E-state index is 0.333. The fourth-order valence-corrected chi connectivity index (χ4v) is 9.27. The third-order valence-corrected chi connectivity index (χ3v) is 11.2. The predicted octanol–water partition coefficient (Wildman–Crippen LogP) is 8.07. The Labute approximate surface area is 181 Å². The Morgan fingerprint density at radius 1 is 0.931 bits per heavy atom. The molecule has 0 heterocycles. The number of carbonyl (C=O) groups excluding carboxylic acids is 1. The van der Waals surface area contributed by atoms with Gasteiger partial charge >= 0.3 is 0 Å². The summed E-state index contributed by atoms with van der Waals surface area (Å²) in [6.07, 6.45) is 17.4. The highest BCUT2D eigenvalue weighted by molar-refractivity contribution is 5.83. The van der Waals surface area contributed by atoms with Crippen LogP contribution in [0.15, 0.2) is 0 Å². The number of fused-ring (bicyclic) bond motifs is 5. The van der Waals surface area contributed by atoms with Gasteiger partial charge in [-0.05, 0) is 84.9 Å². The maximum Gasteiger partial charge on any atom is 0.136 e. The van der Waals surface area contributed by atoms with Gasteiger partial charge in [-0.3, -0.25) is 4.79 Å². The number of ketones is 1. The van der Waals surface area contributed by atoms with E-state index < -0.39 is 0 Å². The molecular formula is C28H48O. The second kappa shape index (κ2) is 8.31. The van der Waals surface area contributed by atoms with Gasteiger partial charge in [0.05, 0.1) is 0 Å². The summed E-state index contributed by atoms with van der Waals surface area (Å²) in [6, 6.07) is 0. The van der Waals surface area contributed by atoms with E-state index in [9.17, 15) is 4.79 Å². The summed E-state index contributed by atoms with van der Waals surface area (Å²) < 4.78 is 0. The van der Waals surface area contributed by atoms with Crippen LogP contribution in [0.1, 0.15) is 118 Å².